The first-order chi connectivity index (χ1) is 35.2. The van der Waals surface area contributed by atoms with Gasteiger partial charge in [0.25, 0.3) is 0 Å². The van der Waals surface area contributed by atoms with Gasteiger partial charge >= 0.3 is 177 Å². The van der Waals surface area contributed by atoms with Crippen LogP contribution in [0.4, 0.5) is 58.4 Å². The number of hydrogen-bond acceptors (Lipinski definition) is 30. The summed E-state index contributed by atoms with van der Waals surface area (Å²) in [6.07, 6.45) is 1.99. The van der Waals surface area contributed by atoms with Crippen molar-refractivity contribution in [2.45, 2.75) is 57.1 Å². The Kier molecular flexibility index (Phi) is 32.5. The Balaban J connectivity index is -0.00000219. The van der Waals surface area contributed by atoms with Gasteiger partial charge in [0.1, 0.15) is 60.7 Å². The monoisotopic (exact) mass is 1310 g/mol. The third kappa shape index (κ3) is 21.9. The van der Waals surface area contributed by atoms with E-state index < -0.39 is 125 Å². The number of hydrogen-bond donors (Lipinski definition) is 4. The largest absolute Gasteiger partial charge is 1.00 e. The van der Waals surface area contributed by atoms with Crippen LogP contribution >= 0.6 is 0 Å². The summed E-state index contributed by atoms with van der Waals surface area (Å²) in [5, 5.41) is 10.1. The Morgan fingerprint density at radius 2 is 0.659 bits per heavy atom. The number of rotatable bonds is 22. The van der Waals surface area contributed by atoms with Gasteiger partial charge in [-0.1, -0.05) is 24.3 Å². The third-order valence-electron chi connectivity index (χ3n) is 10.4. The molecule has 0 aliphatic rings. The minimum atomic E-state index is -5.38. The van der Waals surface area contributed by atoms with Crippen molar-refractivity contribution >= 4 is 131 Å². The van der Waals surface area contributed by atoms with Crippen LogP contribution in [0.1, 0.15) is 44.5 Å². The Labute approximate surface area is 611 Å². The SMILES string of the molecule is CCN(CC)c1nc(Nc2ccc(/C=C/c3ccc(Nc4nc(Nc5cc(S(=O)(=O)[O-])ccc5S(=O)(=O)[O-])nc(N(CC)CC)n4)cc3S(=O)(=O)[O-])c(S(=O)(=O)[O-])c2)nc(Nc2cc(S(=O)(=O)[O-])ccc2S(=O)(=O)[O-])n1.[H-].[H-].[H-].[H-].[Na+].[Na+].[Na+].[Na+].[Na+].[Na+]. The molecule has 0 radical (unpaired) electrons. The summed E-state index contributed by atoms with van der Waals surface area (Å²) in [4.78, 5) is 22.7. The average Bonchev–Trinajstić information content (AvgIpc) is 3.30. The van der Waals surface area contributed by atoms with Crippen LogP contribution in [0.2, 0.25) is 0 Å². The van der Waals surface area contributed by atoms with Gasteiger partial charge in [0.15, 0.2) is 0 Å². The van der Waals surface area contributed by atoms with Crippen LogP contribution in [0.25, 0.3) is 12.2 Å². The summed E-state index contributed by atoms with van der Waals surface area (Å²) >= 11 is 0. The van der Waals surface area contributed by atoms with Gasteiger partial charge in [-0.15, -0.1) is 0 Å². The molecular formula is C40H42N12Na6O18S6-4. The summed E-state index contributed by atoms with van der Waals surface area (Å²) in [5.41, 5.74) is -2.42. The molecule has 416 valence electrons. The van der Waals surface area contributed by atoms with Crippen molar-refractivity contribution in [2.24, 2.45) is 0 Å². The van der Waals surface area contributed by atoms with Crippen molar-refractivity contribution < 1.29 is 261 Å². The van der Waals surface area contributed by atoms with Crippen molar-refractivity contribution in [2.75, 3.05) is 57.2 Å². The fourth-order valence-electron chi connectivity index (χ4n) is 6.82. The quantitative estimate of drug-likeness (QED) is 0.0278. The van der Waals surface area contributed by atoms with E-state index in [1.807, 2.05) is 0 Å². The van der Waals surface area contributed by atoms with Crippen LogP contribution in [-0.4, -0.2) is 134 Å². The van der Waals surface area contributed by atoms with Crippen LogP contribution < -0.4 is 208 Å². The maximum absolute atomic E-state index is 12.7. The number of benzene rings is 4. The molecule has 0 aliphatic heterocycles. The van der Waals surface area contributed by atoms with Gasteiger partial charge < -0.3 is 64.1 Å². The zero-order valence-electron chi connectivity index (χ0n) is 49.3. The van der Waals surface area contributed by atoms with Gasteiger partial charge in [0.05, 0.1) is 40.7 Å². The van der Waals surface area contributed by atoms with Crippen LogP contribution in [0.15, 0.2) is 102 Å². The fourth-order valence-corrected chi connectivity index (χ4v) is 10.4. The van der Waals surface area contributed by atoms with Gasteiger partial charge in [0.2, 0.25) is 35.7 Å². The Hall–Kier alpha value is -1.10. The molecule has 6 aromatic rings. The Morgan fingerprint density at radius 3 is 0.915 bits per heavy atom. The van der Waals surface area contributed by atoms with E-state index in [1.165, 1.54) is 12.1 Å². The molecule has 6 rings (SSSR count). The van der Waals surface area contributed by atoms with Crippen molar-refractivity contribution in [1.82, 2.24) is 29.9 Å². The van der Waals surface area contributed by atoms with E-state index in [2.05, 4.69) is 51.2 Å². The van der Waals surface area contributed by atoms with Gasteiger partial charge in [-0.2, -0.15) is 29.9 Å². The molecule has 82 heavy (non-hydrogen) atoms. The van der Waals surface area contributed by atoms with E-state index in [-0.39, 0.29) is 244 Å². The third-order valence-corrected chi connectivity index (χ3v) is 15.6. The molecule has 0 saturated heterocycles. The molecule has 42 heteroatoms. The van der Waals surface area contributed by atoms with Crippen molar-refractivity contribution in [3.63, 3.8) is 0 Å². The molecule has 2 aromatic heterocycles. The summed E-state index contributed by atoms with van der Waals surface area (Å²) < 4.78 is 219. The number of nitrogens with one attached hydrogen (secondary N) is 4. The molecule has 0 bridgehead atoms. The molecule has 0 fully saturated rings. The van der Waals surface area contributed by atoms with Crippen LogP contribution in [0.3, 0.4) is 0 Å². The first-order valence-corrected chi connectivity index (χ1v) is 29.8. The maximum Gasteiger partial charge on any atom is 1.00 e. The summed E-state index contributed by atoms with van der Waals surface area (Å²) in [7, 11) is -31.7. The van der Waals surface area contributed by atoms with Crippen LogP contribution in [0, 0.1) is 0 Å². The van der Waals surface area contributed by atoms with Gasteiger partial charge in [-0.3, -0.25) is 0 Å². The molecule has 0 amide bonds. The van der Waals surface area contributed by atoms with Crippen molar-refractivity contribution in [3.05, 3.63) is 83.9 Å². The molecule has 2 heterocycles. The van der Waals surface area contributed by atoms with E-state index >= 15 is 0 Å². The minimum Gasteiger partial charge on any atom is -1.00 e. The predicted octanol–water partition coefficient (Wildman–Crippen LogP) is -15.2. The van der Waals surface area contributed by atoms with Crippen molar-refractivity contribution in [3.8, 4) is 0 Å². The Bertz CT molecular complexity index is 3780. The van der Waals surface area contributed by atoms with E-state index in [0.717, 1.165) is 36.4 Å². The second kappa shape index (κ2) is 32.9. The predicted molar refractivity (Wildman–Crippen MR) is 267 cm³/mol. The summed E-state index contributed by atoms with van der Waals surface area (Å²) in [5.74, 6) is -2.01. The Morgan fingerprint density at radius 1 is 0.378 bits per heavy atom. The molecule has 4 aromatic carbocycles. The van der Waals surface area contributed by atoms with Crippen LogP contribution in [-0.2, 0) is 60.7 Å². The molecule has 0 unspecified atom stereocenters. The zero-order chi connectivity index (χ0) is 56.3. The number of aromatic nitrogens is 6. The summed E-state index contributed by atoms with van der Waals surface area (Å²) in [6.45, 7) is 7.93. The first-order valence-electron chi connectivity index (χ1n) is 21.3. The van der Waals surface area contributed by atoms with Crippen molar-refractivity contribution in [1.29, 1.82) is 0 Å². The van der Waals surface area contributed by atoms with Crippen LogP contribution in [0.5, 0.6) is 0 Å². The smallest absolute Gasteiger partial charge is 1.00 e. The van der Waals surface area contributed by atoms with Gasteiger partial charge in [0, 0.05) is 37.6 Å². The molecule has 0 spiro atoms. The van der Waals surface area contributed by atoms with Gasteiger partial charge in [-0.25, -0.2) is 50.5 Å². The molecular weight excluding hydrogens is 1270 g/mol. The second-order valence-electron chi connectivity index (χ2n) is 15.3. The molecule has 30 nitrogen and oxygen atoms in total. The fraction of sp³-hybridized carbons (Fsp3) is 0.200. The molecule has 0 aliphatic carbocycles. The van der Waals surface area contributed by atoms with E-state index in [9.17, 15) is 77.8 Å². The molecule has 0 saturated carbocycles. The topological polar surface area (TPSA) is 475 Å². The van der Waals surface area contributed by atoms with E-state index in [1.54, 1.807) is 37.5 Å². The maximum atomic E-state index is 12.7. The average molecular weight is 1310 g/mol. The standard InChI is InChI=1S/C40H44N12O18S6.6Na.4H/c1-5-51(6-2)39-47-35(45-37(49-39)43-29-21-27(71(53,54)55)15-17-31(29)73(59,60)61)41-25-13-11-23(33(19-25)75(65,66)67)9-10-24-12-14-26(20-34(24)76(68,69)70)42-36-46-38(50-40(48-36)52(7-3)8-4)44-30-22-28(72(56,57)58)16-18-32(30)74(62,63)64;;;;;;;;;;/h9-22H,5-8H2,1-4H3,(H,53,54,55)(H,56,57,58)(H,59,60,61)(H,62,63,64)(H,65,66,67)(H,68,69,70)(H2,41,43,45,47,49)(H2,42,44,46,48,50);;;;;;;;;;/q;6*+1;4*-1/p-6/b10-9+;;;;;;;;;;. The first kappa shape index (κ1) is 80.9. The number of anilines is 10. The number of nitrogens with zero attached hydrogens (tertiary/aromatic N) is 8. The normalized spacial score (nSPS) is 11.7. The second-order valence-corrected chi connectivity index (χ2v) is 23.4. The molecule has 0 atom stereocenters. The van der Waals surface area contributed by atoms with E-state index in [0.29, 0.717) is 36.4 Å². The summed E-state index contributed by atoms with van der Waals surface area (Å²) in [6, 6.07) is 9.85. The zero-order valence-corrected chi connectivity index (χ0v) is 62.2. The van der Waals surface area contributed by atoms with E-state index in [4.69, 9.17) is 0 Å². The minimum absolute atomic E-state index is 0. The van der Waals surface area contributed by atoms with Gasteiger partial charge in [-0.05, 0) is 99.5 Å². The molecule has 4 N–H and O–H groups in total.